The van der Waals surface area contributed by atoms with Crippen LogP contribution < -0.4 is 9.47 Å². The standard InChI is InChI=1S/C18H19ClO4/c1-10-16(21)15(18(23-4)11(2)17(10)22-3)14(20)9-12-5-7-13(19)8-6-12/h5-8,21H,9H2,1-4H3. The molecule has 0 aromatic heterocycles. The number of carbonyl (C=O) groups excluding carboxylic acids is 1. The summed E-state index contributed by atoms with van der Waals surface area (Å²) in [6, 6.07) is 7.03. The zero-order chi connectivity index (χ0) is 17.1. The molecule has 0 aliphatic rings. The van der Waals surface area contributed by atoms with Crippen molar-refractivity contribution in [2.24, 2.45) is 0 Å². The van der Waals surface area contributed by atoms with Crippen LogP contribution in [0.25, 0.3) is 0 Å². The quantitative estimate of drug-likeness (QED) is 0.836. The maximum absolute atomic E-state index is 12.7. The summed E-state index contributed by atoms with van der Waals surface area (Å²) in [5, 5.41) is 11.0. The molecule has 2 aromatic carbocycles. The Morgan fingerprint density at radius 1 is 1.04 bits per heavy atom. The largest absolute Gasteiger partial charge is 0.507 e. The number of hydrogen-bond acceptors (Lipinski definition) is 4. The molecule has 0 radical (unpaired) electrons. The Labute approximate surface area is 140 Å². The summed E-state index contributed by atoms with van der Waals surface area (Å²) in [6.07, 6.45) is 0.145. The van der Waals surface area contributed by atoms with Crippen LogP contribution in [0.15, 0.2) is 24.3 Å². The van der Waals surface area contributed by atoms with Gasteiger partial charge in [-0.15, -0.1) is 0 Å². The van der Waals surface area contributed by atoms with Gasteiger partial charge in [-0.1, -0.05) is 23.7 Å². The Morgan fingerprint density at radius 2 is 1.61 bits per heavy atom. The lowest BCUT2D eigenvalue weighted by Gasteiger charge is -2.18. The van der Waals surface area contributed by atoms with Gasteiger partial charge < -0.3 is 14.6 Å². The summed E-state index contributed by atoms with van der Waals surface area (Å²) in [6.45, 7) is 3.50. The highest BCUT2D eigenvalue weighted by atomic mass is 35.5. The molecule has 0 fully saturated rings. The number of methoxy groups -OCH3 is 2. The molecule has 122 valence electrons. The fourth-order valence-electron chi connectivity index (χ4n) is 2.67. The van der Waals surface area contributed by atoms with E-state index in [1.54, 1.807) is 38.1 Å². The molecule has 0 heterocycles. The first-order valence-electron chi connectivity index (χ1n) is 7.12. The van der Waals surface area contributed by atoms with E-state index >= 15 is 0 Å². The molecule has 2 rings (SSSR count). The first kappa shape index (κ1) is 17.2. The van der Waals surface area contributed by atoms with Gasteiger partial charge in [-0.2, -0.15) is 0 Å². The predicted molar refractivity (Wildman–Crippen MR) is 90.2 cm³/mol. The van der Waals surface area contributed by atoms with Crippen molar-refractivity contribution in [1.29, 1.82) is 0 Å². The third-order valence-corrected chi connectivity index (χ3v) is 4.06. The van der Waals surface area contributed by atoms with Crippen molar-refractivity contribution in [3.05, 3.63) is 51.5 Å². The molecule has 0 saturated heterocycles. The number of hydrogen-bond donors (Lipinski definition) is 1. The number of halogens is 1. The van der Waals surface area contributed by atoms with Crippen molar-refractivity contribution >= 4 is 17.4 Å². The van der Waals surface area contributed by atoms with Crippen molar-refractivity contribution < 1.29 is 19.4 Å². The highest BCUT2D eigenvalue weighted by molar-refractivity contribution is 6.30. The van der Waals surface area contributed by atoms with E-state index in [2.05, 4.69) is 0 Å². The van der Waals surface area contributed by atoms with Gasteiger partial charge in [-0.3, -0.25) is 4.79 Å². The van der Waals surface area contributed by atoms with Crippen LogP contribution in [-0.2, 0) is 6.42 Å². The molecule has 0 amide bonds. The summed E-state index contributed by atoms with van der Waals surface area (Å²) >= 11 is 5.85. The molecule has 0 bridgehead atoms. The summed E-state index contributed by atoms with van der Waals surface area (Å²) in [5.74, 6) is 0.519. The first-order valence-corrected chi connectivity index (χ1v) is 7.50. The average molecular weight is 335 g/mol. The van der Waals surface area contributed by atoms with Gasteiger partial charge in [0.1, 0.15) is 22.8 Å². The van der Waals surface area contributed by atoms with Crippen LogP contribution in [0.2, 0.25) is 5.02 Å². The number of aromatic hydroxyl groups is 1. The first-order chi connectivity index (χ1) is 10.9. The summed E-state index contributed by atoms with van der Waals surface area (Å²) in [7, 11) is 2.99. The van der Waals surface area contributed by atoms with Crippen LogP contribution in [0.4, 0.5) is 0 Å². The Kier molecular flexibility index (Phi) is 5.16. The number of rotatable bonds is 5. The Hall–Kier alpha value is -2.20. The highest BCUT2D eigenvalue weighted by Crippen LogP contribution is 2.42. The molecular weight excluding hydrogens is 316 g/mol. The second kappa shape index (κ2) is 6.92. The fraction of sp³-hybridized carbons (Fsp3) is 0.278. The van der Waals surface area contributed by atoms with Crippen molar-refractivity contribution in [2.75, 3.05) is 14.2 Å². The number of phenols is 1. The maximum atomic E-state index is 12.7. The molecule has 0 spiro atoms. The van der Waals surface area contributed by atoms with Crippen LogP contribution in [0.1, 0.15) is 27.0 Å². The number of benzene rings is 2. The van der Waals surface area contributed by atoms with Crippen LogP contribution in [0.5, 0.6) is 17.2 Å². The number of ketones is 1. The molecule has 23 heavy (non-hydrogen) atoms. The van der Waals surface area contributed by atoms with E-state index in [4.69, 9.17) is 21.1 Å². The van der Waals surface area contributed by atoms with E-state index in [0.717, 1.165) is 5.56 Å². The number of Topliss-reactive ketones (excluding diaryl/α,β-unsaturated/α-hetero) is 1. The zero-order valence-electron chi connectivity index (χ0n) is 13.6. The van der Waals surface area contributed by atoms with Crippen molar-refractivity contribution in [3.63, 3.8) is 0 Å². The summed E-state index contributed by atoms with van der Waals surface area (Å²) in [5.41, 5.74) is 2.19. The molecule has 0 aliphatic carbocycles. The van der Waals surface area contributed by atoms with E-state index < -0.39 is 0 Å². The molecular formula is C18H19ClO4. The Morgan fingerprint density at radius 3 is 2.13 bits per heavy atom. The Balaban J connectivity index is 2.49. The van der Waals surface area contributed by atoms with Crippen LogP contribution >= 0.6 is 11.6 Å². The maximum Gasteiger partial charge on any atom is 0.174 e. The highest BCUT2D eigenvalue weighted by Gasteiger charge is 2.25. The van der Waals surface area contributed by atoms with E-state index in [1.165, 1.54) is 14.2 Å². The number of phenolic OH excluding ortho intramolecular Hbond substituents is 1. The van der Waals surface area contributed by atoms with Gasteiger partial charge in [0.05, 0.1) is 14.2 Å². The molecule has 1 N–H and O–H groups in total. The normalized spacial score (nSPS) is 10.5. The van der Waals surface area contributed by atoms with Gasteiger partial charge in [0, 0.05) is 22.6 Å². The number of ether oxygens (including phenoxy) is 2. The molecule has 0 aliphatic heterocycles. The second-order valence-corrected chi connectivity index (χ2v) is 5.70. The van der Waals surface area contributed by atoms with Gasteiger partial charge >= 0.3 is 0 Å². The molecule has 4 nitrogen and oxygen atoms in total. The second-order valence-electron chi connectivity index (χ2n) is 5.27. The molecule has 0 atom stereocenters. The van der Waals surface area contributed by atoms with Crippen molar-refractivity contribution in [1.82, 2.24) is 0 Å². The van der Waals surface area contributed by atoms with Gasteiger partial charge in [-0.05, 0) is 31.5 Å². The number of carbonyl (C=O) groups is 1. The predicted octanol–water partition coefficient (Wildman–Crippen LogP) is 4.11. The van der Waals surface area contributed by atoms with Crippen LogP contribution in [0, 0.1) is 13.8 Å². The topological polar surface area (TPSA) is 55.8 Å². The van der Waals surface area contributed by atoms with E-state index in [0.29, 0.717) is 27.6 Å². The van der Waals surface area contributed by atoms with Crippen LogP contribution in [0.3, 0.4) is 0 Å². The molecule has 0 saturated carbocycles. The summed E-state index contributed by atoms with van der Waals surface area (Å²) in [4.78, 5) is 12.7. The average Bonchev–Trinajstić information content (AvgIpc) is 2.53. The lowest BCUT2D eigenvalue weighted by atomic mass is 9.95. The zero-order valence-corrected chi connectivity index (χ0v) is 14.3. The van der Waals surface area contributed by atoms with Gasteiger partial charge in [0.15, 0.2) is 5.78 Å². The fourth-order valence-corrected chi connectivity index (χ4v) is 2.80. The molecule has 2 aromatic rings. The Bertz CT molecular complexity index is 736. The minimum atomic E-state index is -0.226. The van der Waals surface area contributed by atoms with Gasteiger partial charge in [-0.25, -0.2) is 0 Å². The summed E-state index contributed by atoms with van der Waals surface area (Å²) < 4.78 is 10.6. The van der Waals surface area contributed by atoms with E-state index in [1.807, 2.05) is 0 Å². The monoisotopic (exact) mass is 334 g/mol. The third kappa shape index (κ3) is 3.27. The minimum absolute atomic E-state index is 0.108. The third-order valence-electron chi connectivity index (χ3n) is 3.81. The lowest BCUT2D eigenvalue weighted by molar-refractivity contribution is 0.0987. The van der Waals surface area contributed by atoms with Crippen molar-refractivity contribution in [2.45, 2.75) is 20.3 Å². The SMILES string of the molecule is COc1c(C)c(O)c(C(=O)Cc2ccc(Cl)cc2)c(OC)c1C. The van der Waals surface area contributed by atoms with Gasteiger partial charge in [0.2, 0.25) is 0 Å². The minimum Gasteiger partial charge on any atom is -0.507 e. The van der Waals surface area contributed by atoms with E-state index in [-0.39, 0.29) is 23.5 Å². The van der Waals surface area contributed by atoms with Crippen molar-refractivity contribution in [3.8, 4) is 17.2 Å². The van der Waals surface area contributed by atoms with Crippen LogP contribution in [-0.4, -0.2) is 25.1 Å². The van der Waals surface area contributed by atoms with Gasteiger partial charge in [0.25, 0.3) is 0 Å². The lowest BCUT2D eigenvalue weighted by Crippen LogP contribution is -2.09. The smallest absolute Gasteiger partial charge is 0.174 e. The molecule has 0 unspecified atom stereocenters. The van der Waals surface area contributed by atoms with E-state index in [9.17, 15) is 9.90 Å². The molecule has 5 heteroatoms.